The number of rotatable bonds is 3. The number of nitrogens with one attached hydrogen (secondary N) is 1. The minimum Gasteiger partial charge on any atom is -0.444 e. The number of anilines is 2. The second-order valence-electron chi connectivity index (χ2n) is 3.84. The Morgan fingerprint density at radius 3 is 2.89 bits per heavy atom. The van der Waals surface area contributed by atoms with E-state index in [9.17, 15) is 0 Å². The summed E-state index contributed by atoms with van der Waals surface area (Å²) in [5.74, 6) is 1.81. The molecule has 92 valence electrons. The summed E-state index contributed by atoms with van der Waals surface area (Å²) in [5.41, 5.74) is 7.38. The van der Waals surface area contributed by atoms with E-state index in [1.54, 1.807) is 6.07 Å². The van der Waals surface area contributed by atoms with Crippen molar-refractivity contribution < 1.29 is 4.42 Å². The normalized spacial score (nSPS) is 10.1. The Morgan fingerprint density at radius 1 is 1.50 bits per heavy atom. The van der Waals surface area contributed by atoms with E-state index >= 15 is 0 Å². The number of pyridine rings is 1. The third-order valence-electron chi connectivity index (χ3n) is 2.59. The third-order valence-corrected chi connectivity index (χ3v) is 2.59. The SMILES string of the molecule is Cc1nc(CNc2nccc(C#N)c2N)oc1C. The number of nitrogens with two attached hydrogens (primary N) is 1. The molecule has 0 amide bonds. The number of nitrogen functional groups attached to an aromatic ring is 1. The second-order valence-corrected chi connectivity index (χ2v) is 3.84. The van der Waals surface area contributed by atoms with Gasteiger partial charge in [0.1, 0.15) is 11.8 Å². The molecule has 0 bridgehead atoms. The van der Waals surface area contributed by atoms with Gasteiger partial charge in [-0.05, 0) is 19.9 Å². The van der Waals surface area contributed by atoms with Crippen LogP contribution >= 0.6 is 0 Å². The Labute approximate surface area is 104 Å². The van der Waals surface area contributed by atoms with Crippen molar-refractivity contribution in [2.45, 2.75) is 20.4 Å². The van der Waals surface area contributed by atoms with Crippen LogP contribution in [0.25, 0.3) is 0 Å². The highest BCUT2D eigenvalue weighted by atomic mass is 16.4. The van der Waals surface area contributed by atoms with Crippen LogP contribution in [0.2, 0.25) is 0 Å². The van der Waals surface area contributed by atoms with Gasteiger partial charge in [-0.2, -0.15) is 5.26 Å². The quantitative estimate of drug-likeness (QED) is 0.851. The van der Waals surface area contributed by atoms with Crippen molar-refractivity contribution in [2.24, 2.45) is 0 Å². The molecule has 0 atom stereocenters. The highest BCUT2D eigenvalue weighted by Gasteiger charge is 2.08. The molecule has 0 aliphatic carbocycles. The zero-order valence-corrected chi connectivity index (χ0v) is 10.2. The van der Waals surface area contributed by atoms with Crippen LogP contribution in [0.5, 0.6) is 0 Å². The summed E-state index contributed by atoms with van der Waals surface area (Å²) in [6.07, 6.45) is 1.53. The minimum atomic E-state index is 0.333. The molecule has 3 N–H and O–H groups in total. The van der Waals surface area contributed by atoms with Crippen LogP contribution in [0.15, 0.2) is 16.7 Å². The third kappa shape index (κ3) is 2.25. The Hall–Kier alpha value is -2.55. The Morgan fingerprint density at radius 2 is 2.28 bits per heavy atom. The molecule has 6 heteroatoms. The maximum atomic E-state index is 8.85. The fraction of sp³-hybridized carbons (Fsp3) is 0.250. The first-order chi connectivity index (χ1) is 8.61. The molecule has 2 aromatic heterocycles. The zero-order chi connectivity index (χ0) is 13.1. The van der Waals surface area contributed by atoms with E-state index < -0.39 is 0 Å². The van der Waals surface area contributed by atoms with Gasteiger partial charge in [-0.25, -0.2) is 9.97 Å². The molecule has 0 fully saturated rings. The van der Waals surface area contributed by atoms with E-state index in [4.69, 9.17) is 15.4 Å². The summed E-state index contributed by atoms with van der Waals surface area (Å²) < 4.78 is 5.43. The van der Waals surface area contributed by atoms with Gasteiger partial charge in [-0.1, -0.05) is 0 Å². The first-order valence-electron chi connectivity index (χ1n) is 5.43. The Bertz CT molecular complexity index is 592. The average molecular weight is 243 g/mol. The Kier molecular flexibility index (Phi) is 3.15. The predicted octanol–water partition coefficient (Wildman–Crippen LogP) is 1.75. The molecule has 6 nitrogen and oxygen atoms in total. The van der Waals surface area contributed by atoms with Crippen LogP contribution in [-0.4, -0.2) is 9.97 Å². The largest absolute Gasteiger partial charge is 0.444 e. The van der Waals surface area contributed by atoms with Crippen LogP contribution in [0.3, 0.4) is 0 Å². The fourth-order valence-electron chi connectivity index (χ4n) is 1.49. The lowest BCUT2D eigenvalue weighted by Gasteiger charge is -2.06. The lowest BCUT2D eigenvalue weighted by atomic mass is 10.2. The summed E-state index contributed by atoms with van der Waals surface area (Å²) in [6.45, 7) is 4.11. The first kappa shape index (κ1) is 11.9. The number of aryl methyl sites for hydroxylation is 2. The fourth-order valence-corrected chi connectivity index (χ4v) is 1.49. The van der Waals surface area contributed by atoms with Crippen molar-refractivity contribution in [2.75, 3.05) is 11.1 Å². The van der Waals surface area contributed by atoms with Crippen molar-refractivity contribution in [1.29, 1.82) is 5.26 Å². The maximum absolute atomic E-state index is 8.85. The molecule has 2 aromatic rings. The summed E-state index contributed by atoms with van der Waals surface area (Å²) in [7, 11) is 0. The minimum absolute atomic E-state index is 0.333. The zero-order valence-electron chi connectivity index (χ0n) is 10.2. The number of nitriles is 1. The van der Waals surface area contributed by atoms with Crippen LogP contribution in [0.4, 0.5) is 11.5 Å². The maximum Gasteiger partial charge on any atom is 0.213 e. The number of hydrogen-bond donors (Lipinski definition) is 2. The van der Waals surface area contributed by atoms with Crippen molar-refractivity contribution in [1.82, 2.24) is 9.97 Å². The monoisotopic (exact) mass is 243 g/mol. The molecular weight excluding hydrogens is 230 g/mol. The lowest BCUT2D eigenvalue weighted by molar-refractivity contribution is 0.478. The molecule has 2 rings (SSSR count). The van der Waals surface area contributed by atoms with Gasteiger partial charge in [0, 0.05) is 6.20 Å². The Balaban J connectivity index is 2.14. The molecule has 0 spiro atoms. The van der Waals surface area contributed by atoms with Gasteiger partial charge in [-0.15, -0.1) is 0 Å². The lowest BCUT2D eigenvalue weighted by Crippen LogP contribution is -2.06. The van der Waals surface area contributed by atoms with Gasteiger partial charge in [0.2, 0.25) is 5.89 Å². The van der Waals surface area contributed by atoms with E-state index in [1.807, 2.05) is 19.9 Å². The molecule has 2 heterocycles. The van der Waals surface area contributed by atoms with Crippen molar-refractivity contribution >= 4 is 11.5 Å². The molecule has 0 aromatic carbocycles. The van der Waals surface area contributed by atoms with Gasteiger partial charge >= 0.3 is 0 Å². The molecule has 0 aliphatic heterocycles. The highest BCUT2D eigenvalue weighted by molar-refractivity contribution is 5.68. The number of oxazole rings is 1. The van der Waals surface area contributed by atoms with Crippen LogP contribution in [0.1, 0.15) is 22.9 Å². The van der Waals surface area contributed by atoms with Crippen molar-refractivity contribution in [3.8, 4) is 6.07 Å². The van der Waals surface area contributed by atoms with Gasteiger partial charge in [-0.3, -0.25) is 0 Å². The standard InChI is InChI=1S/C12H13N5O/c1-7-8(2)18-10(17-7)6-16-12-11(14)9(5-13)3-4-15-12/h3-4H,6,14H2,1-2H3,(H,15,16). The molecule has 0 aliphatic rings. The highest BCUT2D eigenvalue weighted by Crippen LogP contribution is 2.19. The summed E-state index contributed by atoms with van der Waals surface area (Å²) in [6, 6.07) is 3.57. The summed E-state index contributed by atoms with van der Waals surface area (Å²) in [5, 5.41) is 11.9. The number of hydrogen-bond acceptors (Lipinski definition) is 6. The van der Waals surface area contributed by atoms with Crippen LogP contribution in [-0.2, 0) is 6.54 Å². The second kappa shape index (κ2) is 4.75. The summed E-state index contributed by atoms with van der Waals surface area (Å²) in [4.78, 5) is 8.31. The molecule has 0 saturated carbocycles. The number of aromatic nitrogens is 2. The molecule has 0 saturated heterocycles. The molecule has 18 heavy (non-hydrogen) atoms. The van der Waals surface area contributed by atoms with Gasteiger partial charge < -0.3 is 15.5 Å². The van der Waals surface area contributed by atoms with Gasteiger partial charge in [0.05, 0.1) is 23.5 Å². The van der Waals surface area contributed by atoms with Crippen LogP contribution < -0.4 is 11.1 Å². The molecular formula is C12H13N5O. The van der Waals surface area contributed by atoms with Gasteiger partial charge in [0.15, 0.2) is 5.82 Å². The van der Waals surface area contributed by atoms with E-state index in [1.165, 1.54) is 6.20 Å². The van der Waals surface area contributed by atoms with Gasteiger partial charge in [0.25, 0.3) is 0 Å². The topological polar surface area (TPSA) is 101 Å². The van der Waals surface area contributed by atoms with Crippen molar-refractivity contribution in [3.05, 3.63) is 35.2 Å². The summed E-state index contributed by atoms with van der Waals surface area (Å²) >= 11 is 0. The molecule has 0 unspecified atom stereocenters. The predicted molar refractivity (Wildman–Crippen MR) is 66.7 cm³/mol. The number of nitrogens with zero attached hydrogens (tertiary/aromatic N) is 3. The first-order valence-corrected chi connectivity index (χ1v) is 5.43. The van der Waals surface area contributed by atoms with Crippen molar-refractivity contribution in [3.63, 3.8) is 0 Å². The van der Waals surface area contributed by atoms with E-state index in [-0.39, 0.29) is 0 Å². The van der Waals surface area contributed by atoms with E-state index in [2.05, 4.69) is 15.3 Å². The van der Waals surface area contributed by atoms with E-state index in [0.717, 1.165) is 11.5 Å². The molecule has 0 radical (unpaired) electrons. The van der Waals surface area contributed by atoms with E-state index in [0.29, 0.717) is 29.5 Å². The average Bonchev–Trinajstić information content (AvgIpc) is 2.67. The van der Waals surface area contributed by atoms with Crippen LogP contribution in [0, 0.1) is 25.2 Å². The smallest absolute Gasteiger partial charge is 0.213 e.